The Hall–Kier alpha value is -1.20. The minimum absolute atomic E-state index is 0.0104. The SMILES string of the molecule is CC(=O)c1cccc(S(=O)(=O)NC2CCCCCCC2)c1. The van der Waals surface area contributed by atoms with Crippen molar-refractivity contribution < 1.29 is 13.2 Å². The molecule has 0 aliphatic heterocycles. The van der Waals surface area contributed by atoms with Gasteiger partial charge in [-0.25, -0.2) is 13.1 Å². The molecule has 1 saturated carbocycles. The van der Waals surface area contributed by atoms with Crippen LogP contribution >= 0.6 is 0 Å². The first-order valence-electron chi connectivity index (χ1n) is 7.62. The zero-order chi connectivity index (χ0) is 15.3. The summed E-state index contributed by atoms with van der Waals surface area (Å²) in [6.07, 6.45) is 7.54. The molecule has 4 nitrogen and oxygen atoms in total. The van der Waals surface area contributed by atoms with Crippen LogP contribution in [-0.2, 0) is 10.0 Å². The van der Waals surface area contributed by atoms with E-state index in [4.69, 9.17) is 0 Å². The van der Waals surface area contributed by atoms with Crippen LogP contribution in [0.15, 0.2) is 29.2 Å². The van der Waals surface area contributed by atoms with E-state index in [0.29, 0.717) is 5.56 Å². The summed E-state index contributed by atoms with van der Waals surface area (Å²) in [6, 6.07) is 6.25. The summed E-state index contributed by atoms with van der Waals surface area (Å²) in [5.41, 5.74) is 0.426. The third-order valence-electron chi connectivity index (χ3n) is 3.98. The van der Waals surface area contributed by atoms with Gasteiger partial charge in [0, 0.05) is 11.6 Å². The van der Waals surface area contributed by atoms with Gasteiger partial charge in [0.15, 0.2) is 5.78 Å². The van der Waals surface area contributed by atoms with Gasteiger partial charge in [0.1, 0.15) is 0 Å². The molecule has 5 heteroatoms. The molecule has 0 bridgehead atoms. The Morgan fingerprint density at radius 3 is 2.33 bits per heavy atom. The van der Waals surface area contributed by atoms with Gasteiger partial charge in [-0.3, -0.25) is 4.79 Å². The second-order valence-corrected chi connectivity index (χ2v) is 7.46. The van der Waals surface area contributed by atoms with E-state index in [1.54, 1.807) is 12.1 Å². The first kappa shape index (κ1) is 16.2. The second-order valence-electron chi connectivity index (χ2n) is 5.75. The topological polar surface area (TPSA) is 63.2 Å². The zero-order valence-corrected chi connectivity index (χ0v) is 13.3. The van der Waals surface area contributed by atoms with Crippen LogP contribution in [0.4, 0.5) is 0 Å². The molecule has 0 amide bonds. The van der Waals surface area contributed by atoms with E-state index in [1.807, 2.05) is 0 Å². The van der Waals surface area contributed by atoms with E-state index in [-0.39, 0.29) is 16.7 Å². The molecule has 1 fully saturated rings. The number of carbonyl (C=O) groups is 1. The van der Waals surface area contributed by atoms with Crippen molar-refractivity contribution in [1.29, 1.82) is 0 Å². The van der Waals surface area contributed by atoms with E-state index in [2.05, 4.69) is 4.72 Å². The molecule has 0 aromatic heterocycles. The van der Waals surface area contributed by atoms with Gasteiger partial charge in [0.05, 0.1) is 4.90 Å². The van der Waals surface area contributed by atoms with Crippen LogP contribution in [0.5, 0.6) is 0 Å². The Morgan fingerprint density at radius 1 is 1.10 bits per heavy atom. The molecule has 0 saturated heterocycles. The molecular formula is C16H23NO3S. The molecule has 0 atom stereocenters. The van der Waals surface area contributed by atoms with Crippen molar-refractivity contribution in [2.75, 3.05) is 0 Å². The molecule has 1 aliphatic carbocycles. The number of hydrogen-bond donors (Lipinski definition) is 1. The number of benzene rings is 1. The van der Waals surface area contributed by atoms with E-state index in [9.17, 15) is 13.2 Å². The predicted molar refractivity (Wildman–Crippen MR) is 82.9 cm³/mol. The third-order valence-corrected chi connectivity index (χ3v) is 5.50. The highest BCUT2D eigenvalue weighted by Gasteiger charge is 2.21. The zero-order valence-electron chi connectivity index (χ0n) is 12.5. The Bertz CT molecular complexity index is 587. The normalized spacial score (nSPS) is 18.0. The van der Waals surface area contributed by atoms with Crippen molar-refractivity contribution in [3.8, 4) is 0 Å². The van der Waals surface area contributed by atoms with Crippen LogP contribution in [0.1, 0.15) is 62.2 Å². The van der Waals surface area contributed by atoms with Crippen LogP contribution < -0.4 is 4.72 Å². The summed E-state index contributed by atoms with van der Waals surface area (Å²) in [7, 11) is -3.55. The van der Waals surface area contributed by atoms with Gasteiger partial charge in [-0.15, -0.1) is 0 Å². The molecule has 0 unspecified atom stereocenters. The Balaban J connectivity index is 2.13. The van der Waals surface area contributed by atoms with E-state index in [0.717, 1.165) is 25.7 Å². The van der Waals surface area contributed by atoms with Crippen LogP contribution in [-0.4, -0.2) is 20.2 Å². The van der Waals surface area contributed by atoms with Crippen molar-refractivity contribution in [2.24, 2.45) is 0 Å². The van der Waals surface area contributed by atoms with E-state index >= 15 is 0 Å². The lowest BCUT2D eigenvalue weighted by molar-refractivity contribution is 0.101. The summed E-state index contributed by atoms with van der Waals surface area (Å²) in [4.78, 5) is 11.6. The number of hydrogen-bond acceptors (Lipinski definition) is 3. The molecule has 1 aliphatic rings. The van der Waals surface area contributed by atoms with Crippen molar-refractivity contribution in [3.63, 3.8) is 0 Å². The number of carbonyl (C=O) groups excluding carboxylic acids is 1. The number of sulfonamides is 1. The Kier molecular flexibility index (Phi) is 5.53. The van der Waals surface area contributed by atoms with Crippen LogP contribution in [0.25, 0.3) is 0 Å². The molecular weight excluding hydrogens is 286 g/mol. The second kappa shape index (κ2) is 7.18. The minimum atomic E-state index is -3.55. The fourth-order valence-corrected chi connectivity index (χ4v) is 4.09. The Labute approximate surface area is 127 Å². The molecule has 116 valence electrons. The summed E-state index contributed by atoms with van der Waals surface area (Å²) < 4.78 is 27.7. The maximum Gasteiger partial charge on any atom is 0.240 e. The Morgan fingerprint density at radius 2 is 1.71 bits per heavy atom. The van der Waals surface area contributed by atoms with Gasteiger partial charge < -0.3 is 0 Å². The summed E-state index contributed by atoms with van der Waals surface area (Å²) in [5, 5.41) is 0. The lowest BCUT2D eigenvalue weighted by Gasteiger charge is -2.21. The van der Waals surface area contributed by atoms with E-state index < -0.39 is 10.0 Å². The summed E-state index contributed by atoms with van der Waals surface area (Å²) >= 11 is 0. The maximum absolute atomic E-state index is 12.5. The van der Waals surface area contributed by atoms with Crippen molar-refractivity contribution in [2.45, 2.75) is 62.8 Å². The average molecular weight is 309 g/mol. The van der Waals surface area contributed by atoms with Gasteiger partial charge in [-0.2, -0.15) is 0 Å². The molecule has 1 aromatic carbocycles. The lowest BCUT2D eigenvalue weighted by Crippen LogP contribution is -2.35. The summed E-state index contributed by atoms with van der Waals surface area (Å²) in [6.45, 7) is 1.44. The van der Waals surface area contributed by atoms with Crippen LogP contribution in [0.3, 0.4) is 0 Å². The van der Waals surface area contributed by atoms with Crippen molar-refractivity contribution in [1.82, 2.24) is 4.72 Å². The molecule has 1 aromatic rings. The minimum Gasteiger partial charge on any atom is -0.295 e. The number of ketones is 1. The first-order chi connectivity index (χ1) is 9.99. The van der Waals surface area contributed by atoms with Gasteiger partial charge in [0.25, 0.3) is 0 Å². The smallest absolute Gasteiger partial charge is 0.240 e. The molecule has 21 heavy (non-hydrogen) atoms. The average Bonchev–Trinajstić information content (AvgIpc) is 2.42. The van der Waals surface area contributed by atoms with E-state index in [1.165, 1.54) is 38.3 Å². The lowest BCUT2D eigenvalue weighted by atomic mass is 9.97. The number of Topliss-reactive ketones (excluding diaryl/α,β-unsaturated/α-hetero) is 1. The van der Waals surface area contributed by atoms with Crippen molar-refractivity contribution in [3.05, 3.63) is 29.8 Å². The summed E-state index contributed by atoms with van der Waals surface area (Å²) in [5.74, 6) is -0.127. The van der Waals surface area contributed by atoms with Gasteiger partial charge in [-0.05, 0) is 31.9 Å². The highest BCUT2D eigenvalue weighted by atomic mass is 32.2. The monoisotopic (exact) mass is 309 g/mol. The third kappa shape index (κ3) is 4.64. The van der Waals surface area contributed by atoms with Crippen LogP contribution in [0, 0.1) is 0 Å². The molecule has 0 spiro atoms. The first-order valence-corrected chi connectivity index (χ1v) is 9.11. The maximum atomic E-state index is 12.5. The number of rotatable bonds is 4. The predicted octanol–water partition coefficient (Wildman–Crippen LogP) is 3.28. The molecule has 1 N–H and O–H groups in total. The highest BCUT2D eigenvalue weighted by molar-refractivity contribution is 7.89. The fourth-order valence-electron chi connectivity index (χ4n) is 2.74. The van der Waals surface area contributed by atoms with Gasteiger partial charge in [-0.1, -0.05) is 44.2 Å². The van der Waals surface area contributed by atoms with Crippen molar-refractivity contribution >= 4 is 15.8 Å². The molecule has 0 radical (unpaired) electrons. The fraction of sp³-hybridized carbons (Fsp3) is 0.562. The quantitative estimate of drug-likeness (QED) is 0.868. The standard InChI is InChI=1S/C16H23NO3S/c1-13(18)14-8-7-11-16(12-14)21(19,20)17-15-9-5-3-2-4-6-10-15/h7-8,11-12,15,17H,2-6,9-10H2,1H3. The highest BCUT2D eigenvalue weighted by Crippen LogP contribution is 2.20. The number of nitrogens with one attached hydrogen (secondary N) is 1. The van der Waals surface area contributed by atoms with Gasteiger partial charge in [0.2, 0.25) is 10.0 Å². The molecule has 0 heterocycles. The van der Waals surface area contributed by atoms with Gasteiger partial charge >= 0.3 is 0 Å². The molecule has 2 rings (SSSR count). The van der Waals surface area contributed by atoms with Crippen LogP contribution in [0.2, 0.25) is 0 Å². The largest absolute Gasteiger partial charge is 0.295 e.